The predicted octanol–water partition coefficient (Wildman–Crippen LogP) is 4.30. The first-order chi connectivity index (χ1) is 17.7. The number of carbonyl (C=O) groups excluding carboxylic acids is 1. The highest BCUT2D eigenvalue weighted by Crippen LogP contribution is 2.32. The molecule has 3 N–H and O–H groups in total. The van der Waals surface area contributed by atoms with Crippen molar-refractivity contribution in [3.8, 4) is 5.88 Å². The third kappa shape index (κ3) is 6.02. The number of aromatic nitrogens is 2. The van der Waals surface area contributed by atoms with Gasteiger partial charge in [0.2, 0.25) is 0 Å². The van der Waals surface area contributed by atoms with E-state index in [0.717, 1.165) is 12.1 Å². The van der Waals surface area contributed by atoms with Gasteiger partial charge in [0.1, 0.15) is 0 Å². The molecule has 0 radical (unpaired) electrons. The van der Waals surface area contributed by atoms with E-state index < -0.39 is 11.9 Å². The van der Waals surface area contributed by atoms with Crippen molar-refractivity contribution in [3.05, 3.63) is 88.7 Å². The molecular weight excluding hydrogens is 472 g/mol. The number of aryl methyl sites for hydroxylation is 1. The van der Waals surface area contributed by atoms with Gasteiger partial charge < -0.3 is 24.8 Å². The second-order valence-electron chi connectivity index (χ2n) is 8.90. The Labute approximate surface area is 214 Å². The van der Waals surface area contributed by atoms with E-state index >= 15 is 0 Å². The fourth-order valence-corrected chi connectivity index (χ4v) is 4.05. The van der Waals surface area contributed by atoms with E-state index in [0.29, 0.717) is 51.1 Å². The van der Waals surface area contributed by atoms with E-state index in [1.165, 1.54) is 7.11 Å². The molecule has 37 heavy (non-hydrogen) atoms. The highest BCUT2D eigenvalue weighted by molar-refractivity contribution is 6.22. The third-order valence-electron chi connectivity index (χ3n) is 5.81. The number of methoxy groups -OCH3 is 1. The molecule has 0 aliphatic rings. The molecule has 0 saturated heterocycles. The molecule has 2 aromatic carbocycles. The Morgan fingerprint density at radius 3 is 2.41 bits per heavy atom. The zero-order valence-electron chi connectivity index (χ0n) is 20.9. The number of esters is 1. The third-order valence-corrected chi connectivity index (χ3v) is 5.81. The van der Waals surface area contributed by atoms with Gasteiger partial charge >= 0.3 is 11.9 Å². The van der Waals surface area contributed by atoms with Crippen molar-refractivity contribution in [2.24, 2.45) is 4.99 Å². The maximum Gasteiger partial charge on any atom is 0.337 e. The fourth-order valence-electron chi connectivity index (χ4n) is 4.05. The number of hydrogen-bond donors (Lipinski definition) is 3. The number of aliphatic carboxylic acids is 1. The number of aromatic hydroxyl groups is 1. The van der Waals surface area contributed by atoms with Gasteiger partial charge in [-0.25, -0.2) is 9.79 Å². The standard InChI is InChI=1S/C28H28N4O5/c1-32(2)16-17-4-8-21(9-5-17)30-26(19-6-10-20(29-15-19)11-13-24(33)34)25-22-12-7-18(28(36)37-3)14-23(22)31-27(25)35/h4-10,12,14-15,31,35H,11,13,16H2,1-3H3,(H,33,34). The van der Waals surface area contributed by atoms with E-state index in [4.69, 9.17) is 14.8 Å². The molecule has 190 valence electrons. The van der Waals surface area contributed by atoms with Gasteiger partial charge in [-0.05, 0) is 56.1 Å². The van der Waals surface area contributed by atoms with Gasteiger partial charge in [-0.3, -0.25) is 9.78 Å². The zero-order chi connectivity index (χ0) is 26.5. The molecule has 4 rings (SSSR count). The summed E-state index contributed by atoms with van der Waals surface area (Å²) in [5.74, 6) is -1.47. The van der Waals surface area contributed by atoms with Gasteiger partial charge in [-0.15, -0.1) is 0 Å². The highest BCUT2D eigenvalue weighted by atomic mass is 16.5. The van der Waals surface area contributed by atoms with Crippen LogP contribution in [0.1, 0.15) is 39.2 Å². The first kappa shape index (κ1) is 25.6. The summed E-state index contributed by atoms with van der Waals surface area (Å²) >= 11 is 0. The van der Waals surface area contributed by atoms with Crippen LogP contribution in [0.3, 0.4) is 0 Å². The van der Waals surface area contributed by atoms with Crippen LogP contribution in [0, 0.1) is 0 Å². The predicted molar refractivity (Wildman–Crippen MR) is 141 cm³/mol. The van der Waals surface area contributed by atoms with Gasteiger partial charge in [-0.1, -0.05) is 18.2 Å². The number of pyridine rings is 1. The Balaban J connectivity index is 1.81. The Morgan fingerprint density at radius 2 is 1.78 bits per heavy atom. The van der Waals surface area contributed by atoms with Crippen LogP contribution in [-0.4, -0.2) is 63.9 Å². The Hall–Kier alpha value is -4.50. The van der Waals surface area contributed by atoms with Crippen LogP contribution in [-0.2, 0) is 22.5 Å². The SMILES string of the molecule is COC(=O)c1ccc2c(C(=Nc3ccc(CN(C)C)cc3)c3ccc(CCC(=O)O)nc3)c(O)[nH]c2c1. The molecule has 0 amide bonds. The number of ether oxygens (including phenoxy) is 1. The number of carboxylic acid groups (broad SMARTS) is 1. The molecule has 2 aromatic heterocycles. The number of nitrogens with zero attached hydrogens (tertiary/aromatic N) is 3. The van der Waals surface area contributed by atoms with E-state index in [1.807, 2.05) is 44.4 Å². The number of H-pyrrole nitrogens is 1. The molecule has 0 saturated carbocycles. The Morgan fingerprint density at radius 1 is 1.05 bits per heavy atom. The fraction of sp³-hybridized carbons (Fsp3) is 0.214. The van der Waals surface area contributed by atoms with Crippen LogP contribution in [0.5, 0.6) is 5.88 Å². The number of rotatable bonds is 9. The molecule has 4 aromatic rings. The van der Waals surface area contributed by atoms with Crippen molar-refractivity contribution in [3.63, 3.8) is 0 Å². The molecular formula is C28H28N4O5. The number of hydrogen-bond acceptors (Lipinski definition) is 7. The number of aromatic amines is 1. The lowest BCUT2D eigenvalue weighted by atomic mass is 10.0. The van der Waals surface area contributed by atoms with E-state index in [-0.39, 0.29) is 12.3 Å². The number of aliphatic imine (C=N–C) groups is 1. The minimum Gasteiger partial charge on any atom is -0.494 e. The first-order valence-corrected chi connectivity index (χ1v) is 11.7. The summed E-state index contributed by atoms with van der Waals surface area (Å²) in [5.41, 5.74) is 4.95. The number of carbonyl (C=O) groups is 2. The monoisotopic (exact) mass is 500 g/mol. The molecule has 9 heteroatoms. The lowest BCUT2D eigenvalue weighted by Gasteiger charge is -2.11. The summed E-state index contributed by atoms with van der Waals surface area (Å²) in [6.07, 6.45) is 1.92. The molecule has 0 bridgehead atoms. The van der Waals surface area contributed by atoms with Crippen molar-refractivity contribution in [1.29, 1.82) is 0 Å². The molecule has 0 aliphatic heterocycles. The summed E-state index contributed by atoms with van der Waals surface area (Å²) in [5, 5.41) is 20.6. The topological polar surface area (TPSA) is 128 Å². The van der Waals surface area contributed by atoms with Gasteiger partial charge in [0.05, 0.1) is 36.1 Å². The van der Waals surface area contributed by atoms with Crippen LogP contribution in [0.2, 0.25) is 0 Å². The van der Waals surface area contributed by atoms with Crippen LogP contribution in [0.4, 0.5) is 5.69 Å². The van der Waals surface area contributed by atoms with Gasteiger partial charge in [-0.2, -0.15) is 0 Å². The smallest absolute Gasteiger partial charge is 0.337 e. The van der Waals surface area contributed by atoms with E-state index in [1.54, 1.807) is 30.5 Å². The van der Waals surface area contributed by atoms with Crippen LogP contribution < -0.4 is 0 Å². The lowest BCUT2D eigenvalue weighted by Crippen LogP contribution is -2.10. The summed E-state index contributed by atoms with van der Waals surface area (Å²) < 4.78 is 4.81. The zero-order valence-corrected chi connectivity index (χ0v) is 20.9. The highest BCUT2D eigenvalue weighted by Gasteiger charge is 2.20. The number of benzene rings is 2. The van der Waals surface area contributed by atoms with Crippen LogP contribution >= 0.6 is 0 Å². The molecule has 0 spiro atoms. The summed E-state index contributed by atoms with van der Waals surface area (Å²) in [6.45, 7) is 0.796. The Kier molecular flexibility index (Phi) is 7.64. The summed E-state index contributed by atoms with van der Waals surface area (Å²) in [6, 6.07) is 16.4. The van der Waals surface area contributed by atoms with Crippen molar-refractivity contribution < 1.29 is 24.5 Å². The second kappa shape index (κ2) is 11.0. The van der Waals surface area contributed by atoms with E-state index in [9.17, 15) is 14.7 Å². The average molecular weight is 501 g/mol. The van der Waals surface area contributed by atoms with Crippen LogP contribution in [0.15, 0.2) is 65.8 Å². The molecule has 0 atom stereocenters. The molecule has 2 heterocycles. The van der Waals surface area contributed by atoms with Crippen LogP contribution in [0.25, 0.3) is 10.9 Å². The number of fused-ring (bicyclic) bond motifs is 1. The maximum atomic E-state index is 12.0. The average Bonchev–Trinajstić information content (AvgIpc) is 3.21. The molecule has 9 nitrogen and oxygen atoms in total. The number of nitrogens with one attached hydrogen (secondary N) is 1. The lowest BCUT2D eigenvalue weighted by molar-refractivity contribution is -0.136. The molecule has 0 aliphatic carbocycles. The normalized spacial score (nSPS) is 11.7. The summed E-state index contributed by atoms with van der Waals surface area (Å²) in [4.78, 5) is 37.2. The quantitative estimate of drug-likeness (QED) is 0.231. The first-order valence-electron chi connectivity index (χ1n) is 11.7. The van der Waals surface area contributed by atoms with Crippen molar-refractivity contribution >= 4 is 34.2 Å². The van der Waals surface area contributed by atoms with Crippen molar-refractivity contribution in [1.82, 2.24) is 14.9 Å². The van der Waals surface area contributed by atoms with Crippen molar-refractivity contribution in [2.45, 2.75) is 19.4 Å². The molecule has 0 fully saturated rings. The second-order valence-corrected chi connectivity index (χ2v) is 8.90. The maximum absolute atomic E-state index is 12.0. The van der Waals surface area contributed by atoms with Gasteiger partial charge in [0, 0.05) is 41.3 Å². The number of carboxylic acids is 1. The largest absolute Gasteiger partial charge is 0.494 e. The van der Waals surface area contributed by atoms with Crippen molar-refractivity contribution in [2.75, 3.05) is 21.2 Å². The minimum absolute atomic E-state index is 0.0155. The Bertz CT molecular complexity index is 1450. The summed E-state index contributed by atoms with van der Waals surface area (Å²) in [7, 11) is 5.32. The van der Waals surface area contributed by atoms with Gasteiger partial charge in [0.15, 0.2) is 5.88 Å². The molecule has 0 unspecified atom stereocenters. The minimum atomic E-state index is -0.888. The van der Waals surface area contributed by atoms with Gasteiger partial charge in [0.25, 0.3) is 0 Å². The van der Waals surface area contributed by atoms with E-state index in [2.05, 4.69) is 14.9 Å².